The molecule has 0 saturated carbocycles. The summed E-state index contributed by atoms with van der Waals surface area (Å²) in [6, 6.07) is 11.9. The number of benzene rings is 1. The summed E-state index contributed by atoms with van der Waals surface area (Å²) in [5.41, 5.74) is 1.41. The number of nitrogens with zero attached hydrogens (tertiary/aromatic N) is 1. The highest BCUT2D eigenvalue weighted by Crippen LogP contribution is 2.23. The van der Waals surface area contributed by atoms with E-state index in [4.69, 9.17) is 0 Å². The zero-order valence-electron chi connectivity index (χ0n) is 13.9. The molecule has 1 rings (SSSR count). The third kappa shape index (κ3) is 5.64. The van der Waals surface area contributed by atoms with Crippen molar-refractivity contribution in [2.45, 2.75) is 52.6 Å². The van der Waals surface area contributed by atoms with Gasteiger partial charge in [-0.15, -0.1) is 0 Å². The Balaban J connectivity index is 2.75. The van der Waals surface area contributed by atoms with Crippen molar-refractivity contribution in [3.8, 4) is 0 Å². The van der Waals surface area contributed by atoms with Gasteiger partial charge in [-0.2, -0.15) is 0 Å². The quantitative estimate of drug-likeness (QED) is 0.683. The monoisotopic (exact) mass is 276 g/mol. The molecule has 0 heterocycles. The van der Waals surface area contributed by atoms with Crippen molar-refractivity contribution in [3.05, 3.63) is 35.9 Å². The average molecular weight is 276 g/mol. The molecule has 0 aliphatic carbocycles. The van der Waals surface area contributed by atoms with E-state index in [9.17, 15) is 0 Å². The third-order valence-corrected chi connectivity index (χ3v) is 3.95. The fourth-order valence-electron chi connectivity index (χ4n) is 2.74. The van der Waals surface area contributed by atoms with Crippen LogP contribution >= 0.6 is 0 Å². The van der Waals surface area contributed by atoms with Gasteiger partial charge in [0.1, 0.15) is 0 Å². The lowest BCUT2D eigenvalue weighted by Crippen LogP contribution is -2.39. The Morgan fingerprint density at radius 3 is 2.30 bits per heavy atom. The van der Waals surface area contributed by atoms with Gasteiger partial charge in [-0.1, -0.05) is 51.1 Å². The van der Waals surface area contributed by atoms with Crippen molar-refractivity contribution in [3.63, 3.8) is 0 Å². The Bertz CT molecular complexity index is 348. The first-order valence-electron chi connectivity index (χ1n) is 8.03. The number of nitrogens with one attached hydrogen (secondary N) is 1. The lowest BCUT2D eigenvalue weighted by Gasteiger charge is -2.34. The van der Waals surface area contributed by atoms with Gasteiger partial charge >= 0.3 is 0 Å². The number of likely N-dealkylation sites (N-methyl/N-ethyl adjacent to an activating group) is 1. The second kappa shape index (κ2) is 9.15. The molecule has 2 unspecified atom stereocenters. The predicted molar refractivity (Wildman–Crippen MR) is 89.0 cm³/mol. The first-order chi connectivity index (χ1) is 9.56. The van der Waals surface area contributed by atoms with Gasteiger partial charge in [0.25, 0.3) is 0 Å². The minimum Gasteiger partial charge on any atom is -0.315 e. The maximum Gasteiger partial charge on any atom is 0.0472 e. The lowest BCUT2D eigenvalue weighted by molar-refractivity contribution is 0.162. The zero-order chi connectivity index (χ0) is 15.0. The SMILES string of the molecule is CCCNCC(c1ccccc1)N(C)C(C)CC(C)C. The highest BCUT2D eigenvalue weighted by Gasteiger charge is 2.21. The van der Waals surface area contributed by atoms with Gasteiger partial charge in [0.2, 0.25) is 0 Å². The molecule has 0 radical (unpaired) electrons. The van der Waals surface area contributed by atoms with Crippen molar-refractivity contribution in [2.24, 2.45) is 5.92 Å². The van der Waals surface area contributed by atoms with Crippen LogP contribution in [-0.2, 0) is 0 Å². The minimum atomic E-state index is 0.455. The largest absolute Gasteiger partial charge is 0.315 e. The van der Waals surface area contributed by atoms with Gasteiger partial charge in [0, 0.05) is 18.6 Å². The first-order valence-corrected chi connectivity index (χ1v) is 8.03. The van der Waals surface area contributed by atoms with Crippen LogP contribution in [0.1, 0.15) is 52.1 Å². The summed E-state index contributed by atoms with van der Waals surface area (Å²) in [5, 5.41) is 3.58. The Kier molecular flexibility index (Phi) is 7.86. The van der Waals surface area contributed by atoms with Crippen LogP contribution in [0.25, 0.3) is 0 Å². The van der Waals surface area contributed by atoms with E-state index < -0.39 is 0 Å². The second-order valence-electron chi connectivity index (χ2n) is 6.27. The molecule has 2 nitrogen and oxygen atoms in total. The van der Waals surface area contributed by atoms with Gasteiger partial charge < -0.3 is 5.32 Å². The molecular formula is C18H32N2. The Labute approximate surface area is 125 Å². The van der Waals surface area contributed by atoms with E-state index in [-0.39, 0.29) is 0 Å². The third-order valence-electron chi connectivity index (χ3n) is 3.95. The van der Waals surface area contributed by atoms with Gasteiger partial charge in [0.05, 0.1) is 0 Å². The average Bonchev–Trinajstić information content (AvgIpc) is 2.43. The summed E-state index contributed by atoms with van der Waals surface area (Å²) in [5.74, 6) is 0.743. The van der Waals surface area contributed by atoms with Crippen LogP contribution in [0.15, 0.2) is 30.3 Å². The molecule has 1 aromatic carbocycles. The van der Waals surface area contributed by atoms with Crippen molar-refractivity contribution in [2.75, 3.05) is 20.1 Å². The molecule has 0 aliphatic rings. The van der Waals surface area contributed by atoms with Crippen LogP contribution in [0.4, 0.5) is 0 Å². The molecule has 0 bridgehead atoms. The van der Waals surface area contributed by atoms with Crippen LogP contribution in [0.2, 0.25) is 0 Å². The van der Waals surface area contributed by atoms with E-state index in [1.807, 2.05) is 0 Å². The summed E-state index contributed by atoms with van der Waals surface area (Å²) in [4.78, 5) is 2.53. The van der Waals surface area contributed by atoms with Crippen molar-refractivity contribution < 1.29 is 0 Å². The van der Waals surface area contributed by atoms with Gasteiger partial charge in [-0.05, 0) is 44.8 Å². The van der Waals surface area contributed by atoms with Crippen LogP contribution in [-0.4, -0.2) is 31.1 Å². The number of rotatable bonds is 9. The number of hydrogen-bond donors (Lipinski definition) is 1. The van der Waals surface area contributed by atoms with Crippen LogP contribution in [0, 0.1) is 5.92 Å². The molecule has 114 valence electrons. The standard InChI is InChI=1S/C18H32N2/c1-6-12-19-14-18(17-10-8-7-9-11-17)20(5)16(4)13-15(2)3/h7-11,15-16,18-19H,6,12-14H2,1-5H3. The first kappa shape index (κ1) is 17.2. The fraction of sp³-hybridized carbons (Fsp3) is 0.667. The Hall–Kier alpha value is -0.860. The molecule has 0 aromatic heterocycles. The molecule has 1 N–H and O–H groups in total. The van der Waals surface area contributed by atoms with E-state index in [0.717, 1.165) is 19.0 Å². The van der Waals surface area contributed by atoms with Crippen molar-refractivity contribution >= 4 is 0 Å². The molecule has 2 heteroatoms. The fourth-order valence-corrected chi connectivity index (χ4v) is 2.74. The lowest BCUT2D eigenvalue weighted by atomic mass is 9.99. The molecule has 0 amide bonds. The van der Waals surface area contributed by atoms with Crippen LogP contribution in [0.3, 0.4) is 0 Å². The van der Waals surface area contributed by atoms with Gasteiger partial charge in [-0.25, -0.2) is 0 Å². The minimum absolute atomic E-state index is 0.455. The normalized spacial score (nSPS) is 14.8. The van der Waals surface area contributed by atoms with Gasteiger partial charge in [0.15, 0.2) is 0 Å². The maximum absolute atomic E-state index is 3.58. The van der Waals surface area contributed by atoms with E-state index in [2.05, 4.69) is 75.3 Å². The summed E-state index contributed by atoms with van der Waals surface area (Å²) in [6.07, 6.45) is 2.43. The van der Waals surface area contributed by atoms with Crippen molar-refractivity contribution in [1.82, 2.24) is 10.2 Å². The van der Waals surface area contributed by atoms with Gasteiger partial charge in [-0.3, -0.25) is 4.90 Å². The second-order valence-corrected chi connectivity index (χ2v) is 6.27. The molecule has 1 aromatic rings. The Morgan fingerprint density at radius 1 is 1.10 bits per heavy atom. The highest BCUT2D eigenvalue weighted by molar-refractivity contribution is 5.19. The Morgan fingerprint density at radius 2 is 1.75 bits per heavy atom. The van der Waals surface area contributed by atoms with E-state index >= 15 is 0 Å². The van der Waals surface area contributed by atoms with E-state index in [1.54, 1.807) is 0 Å². The summed E-state index contributed by atoms with van der Waals surface area (Å²) in [7, 11) is 2.26. The molecule has 0 spiro atoms. The maximum atomic E-state index is 3.58. The number of hydrogen-bond acceptors (Lipinski definition) is 2. The molecule has 0 fully saturated rings. The molecule has 0 aliphatic heterocycles. The summed E-state index contributed by atoms with van der Waals surface area (Å²) < 4.78 is 0. The molecule has 0 saturated heterocycles. The zero-order valence-corrected chi connectivity index (χ0v) is 13.9. The smallest absolute Gasteiger partial charge is 0.0472 e. The predicted octanol–water partition coefficient (Wildman–Crippen LogP) is 4.09. The van der Waals surface area contributed by atoms with E-state index in [0.29, 0.717) is 12.1 Å². The van der Waals surface area contributed by atoms with Crippen LogP contribution < -0.4 is 5.32 Å². The molecular weight excluding hydrogens is 244 g/mol. The topological polar surface area (TPSA) is 15.3 Å². The van der Waals surface area contributed by atoms with Crippen molar-refractivity contribution in [1.29, 1.82) is 0 Å². The molecule has 2 atom stereocenters. The summed E-state index contributed by atoms with van der Waals surface area (Å²) >= 11 is 0. The van der Waals surface area contributed by atoms with E-state index in [1.165, 1.54) is 18.4 Å². The van der Waals surface area contributed by atoms with Crippen LogP contribution in [0.5, 0.6) is 0 Å². The highest BCUT2D eigenvalue weighted by atomic mass is 15.2. The molecule has 20 heavy (non-hydrogen) atoms. The summed E-state index contributed by atoms with van der Waals surface area (Å²) in [6.45, 7) is 11.3.